The Hall–Kier alpha value is -0.880. The van der Waals surface area contributed by atoms with E-state index < -0.39 is 5.91 Å². The van der Waals surface area contributed by atoms with E-state index in [-0.39, 0.29) is 0 Å². The summed E-state index contributed by atoms with van der Waals surface area (Å²) in [5.41, 5.74) is 11.9. The molecule has 1 aliphatic rings. The first kappa shape index (κ1) is 14.5. The highest BCUT2D eigenvalue weighted by molar-refractivity contribution is 7.99. The second-order valence-corrected chi connectivity index (χ2v) is 6.89. The Balaban J connectivity index is 2.22. The van der Waals surface area contributed by atoms with Crippen LogP contribution < -0.4 is 16.4 Å². The summed E-state index contributed by atoms with van der Waals surface area (Å²) in [5.74, 6) is 0.332. The van der Waals surface area contributed by atoms with E-state index in [4.69, 9.17) is 11.5 Å². The van der Waals surface area contributed by atoms with Crippen molar-refractivity contribution in [1.29, 1.82) is 0 Å². The van der Waals surface area contributed by atoms with Crippen LogP contribution in [0.5, 0.6) is 0 Å². The normalized spacial score (nSPS) is 15.9. The maximum Gasteiger partial charge on any atom is 0.261 e. The molecule has 6 heteroatoms. The quantitative estimate of drug-likeness (QED) is 0.820. The van der Waals surface area contributed by atoms with E-state index in [9.17, 15) is 4.79 Å². The lowest BCUT2D eigenvalue weighted by Gasteiger charge is -2.22. The van der Waals surface area contributed by atoms with Crippen LogP contribution in [0.25, 0.3) is 0 Å². The van der Waals surface area contributed by atoms with Gasteiger partial charge in [-0.2, -0.15) is 0 Å². The van der Waals surface area contributed by atoms with Gasteiger partial charge in [-0.05, 0) is 25.0 Å². The Morgan fingerprint density at radius 2 is 2.11 bits per heavy atom. The smallest absolute Gasteiger partial charge is 0.261 e. The number of thioether (sulfide) groups is 1. The van der Waals surface area contributed by atoms with Crippen molar-refractivity contribution in [3.8, 4) is 0 Å². The number of nitrogens with two attached hydrogens (primary N) is 2. The molecular weight excluding hydrogens is 278 g/mol. The minimum atomic E-state index is -0.432. The standard InChI is InChI=1S/C13H21N3OS2/c1-16(7-8-5-3-4-6-8)13-11(18-2)9(14)10(19-13)12(15)17/h8H,3-7,14H2,1-2H3,(H2,15,17). The van der Waals surface area contributed by atoms with Gasteiger partial charge in [-0.15, -0.1) is 23.1 Å². The topological polar surface area (TPSA) is 72.3 Å². The molecule has 1 saturated carbocycles. The fraction of sp³-hybridized carbons (Fsp3) is 0.615. The molecule has 0 spiro atoms. The van der Waals surface area contributed by atoms with Crippen molar-refractivity contribution < 1.29 is 4.79 Å². The maximum absolute atomic E-state index is 11.4. The van der Waals surface area contributed by atoms with Crippen LogP contribution in [0.4, 0.5) is 10.7 Å². The summed E-state index contributed by atoms with van der Waals surface area (Å²) in [6, 6.07) is 0. The Labute approximate surface area is 122 Å². The molecule has 0 aromatic carbocycles. The largest absolute Gasteiger partial charge is 0.396 e. The van der Waals surface area contributed by atoms with E-state index in [0.717, 1.165) is 22.4 Å². The van der Waals surface area contributed by atoms with Crippen LogP contribution in [0, 0.1) is 5.92 Å². The van der Waals surface area contributed by atoms with Crippen LogP contribution in [0.1, 0.15) is 35.4 Å². The number of anilines is 2. The van der Waals surface area contributed by atoms with Crippen LogP contribution in [0.15, 0.2) is 4.90 Å². The van der Waals surface area contributed by atoms with Crippen molar-refractivity contribution in [3.63, 3.8) is 0 Å². The van der Waals surface area contributed by atoms with Gasteiger partial charge in [0, 0.05) is 13.6 Å². The number of carbonyl (C=O) groups is 1. The number of nitrogens with zero attached hydrogens (tertiary/aromatic N) is 1. The number of rotatable bonds is 5. The van der Waals surface area contributed by atoms with Crippen molar-refractivity contribution in [2.75, 3.05) is 30.5 Å². The zero-order chi connectivity index (χ0) is 14.0. The second-order valence-electron chi connectivity index (χ2n) is 5.08. The van der Waals surface area contributed by atoms with Crippen molar-refractivity contribution in [2.45, 2.75) is 30.6 Å². The third-order valence-corrected chi connectivity index (χ3v) is 5.95. The predicted molar refractivity (Wildman–Crippen MR) is 84.3 cm³/mol. The molecule has 0 aliphatic heterocycles. The molecule has 106 valence electrons. The number of amides is 1. The summed E-state index contributed by atoms with van der Waals surface area (Å²) in [5, 5.41) is 1.07. The van der Waals surface area contributed by atoms with Crippen LogP contribution >= 0.6 is 23.1 Å². The maximum atomic E-state index is 11.4. The van der Waals surface area contributed by atoms with E-state index in [0.29, 0.717) is 10.6 Å². The Kier molecular flexibility index (Phi) is 4.62. The Morgan fingerprint density at radius 1 is 1.47 bits per heavy atom. The Bertz CT molecular complexity index is 467. The van der Waals surface area contributed by atoms with Crippen LogP contribution in [0.3, 0.4) is 0 Å². The van der Waals surface area contributed by atoms with Gasteiger partial charge in [0.2, 0.25) is 0 Å². The molecule has 1 aromatic rings. The number of hydrogen-bond donors (Lipinski definition) is 2. The molecule has 1 heterocycles. The van der Waals surface area contributed by atoms with Crippen LogP contribution in [-0.4, -0.2) is 25.8 Å². The molecule has 4 nitrogen and oxygen atoms in total. The summed E-state index contributed by atoms with van der Waals surface area (Å²) < 4.78 is 0. The number of thiophene rings is 1. The number of primary amides is 1. The van der Waals surface area contributed by atoms with Gasteiger partial charge in [0.1, 0.15) is 9.88 Å². The summed E-state index contributed by atoms with van der Waals surface area (Å²) in [7, 11) is 2.08. The minimum Gasteiger partial charge on any atom is -0.396 e. The highest BCUT2D eigenvalue weighted by Crippen LogP contribution is 2.43. The summed E-state index contributed by atoms with van der Waals surface area (Å²) in [6.45, 7) is 1.03. The van der Waals surface area contributed by atoms with Gasteiger partial charge in [0.15, 0.2) is 0 Å². The molecule has 2 rings (SSSR count). The van der Waals surface area contributed by atoms with Gasteiger partial charge in [-0.1, -0.05) is 12.8 Å². The lowest BCUT2D eigenvalue weighted by molar-refractivity contribution is 0.100. The predicted octanol–water partition coefficient (Wildman–Crippen LogP) is 2.78. The molecule has 1 aromatic heterocycles. The molecule has 1 amide bonds. The first-order valence-corrected chi connectivity index (χ1v) is 8.56. The molecule has 0 bridgehead atoms. The fourth-order valence-electron chi connectivity index (χ4n) is 2.71. The number of hydrogen-bond acceptors (Lipinski definition) is 5. The molecule has 19 heavy (non-hydrogen) atoms. The van der Waals surface area contributed by atoms with Gasteiger partial charge in [-0.25, -0.2) is 0 Å². The molecule has 4 N–H and O–H groups in total. The van der Waals surface area contributed by atoms with Crippen molar-refractivity contribution in [3.05, 3.63) is 4.88 Å². The summed E-state index contributed by atoms with van der Waals surface area (Å²) in [6.07, 6.45) is 7.28. The van der Waals surface area contributed by atoms with E-state index in [1.807, 2.05) is 6.26 Å². The van der Waals surface area contributed by atoms with Crippen molar-refractivity contribution in [2.24, 2.45) is 11.7 Å². The molecule has 0 unspecified atom stereocenters. The summed E-state index contributed by atoms with van der Waals surface area (Å²) in [4.78, 5) is 15.1. The lowest BCUT2D eigenvalue weighted by atomic mass is 10.1. The van der Waals surface area contributed by atoms with E-state index >= 15 is 0 Å². The minimum absolute atomic E-state index is 0.432. The number of carbonyl (C=O) groups excluding carboxylic acids is 1. The molecule has 1 aliphatic carbocycles. The molecule has 1 fully saturated rings. The third-order valence-electron chi connectivity index (χ3n) is 3.66. The zero-order valence-corrected chi connectivity index (χ0v) is 13.1. The first-order valence-electron chi connectivity index (χ1n) is 6.51. The van der Waals surface area contributed by atoms with Crippen molar-refractivity contribution in [1.82, 2.24) is 0 Å². The average molecular weight is 299 g/mol. The highest BCUT2D eigenvalue weighted by Gasteiger charge is 2.23. The molecule has 0 radical (unpaired) electrons. The SMILES string of the molecule is CSc1c(N(C)CC2CCCC2)sc(C(N)=O)c1N. The van der Waals surface area contributed by atoms with Gasteiger partial charge >= 0.3 is 0 Å². The fourth-order valence-corrected chi connectivity index (χ4v) is 4.74. The molecule has 0 saturated heterocycles. The van der Waals surface area contributed by atoms with Gasteiger partial charge in [-0.3, -0.25) is 4.79 Å². The average Bonchev–Trinajstić information content (AvgIpc) is 2.96. The van der Waals surface area contributed by atoms with E-state index in [1.165, 1.54) is 37.0 Å². The van der Waals surface area contributed by atoms with E-state index in [2.05, 4.69) is 11.9 Å². The summed E-state index contributed by atoms with van der Waals surface area (Å²) >= 11 is 3.00. The van der Waals surface area contributed by atoms with Crippen LogP contribution in [0.2, 0.25) is 0 Å². The van der Waals surface area contributed by atoms with Gasteiger partial charge in [0.05, 0.1) is 10.6 Å². The van der Waals surface area contributed by atoms with E-state index in [1.54, 1.807) is 11.8 Å². The Morgan fingerprint density at radius 3 is 2.63 bits per heavy atom. The first-order chi connectivity index (χ1) is 9.04. The monoisotopic (exact) mass is 299 g/mol. The number of nitrogen functional groups attached to an aromatic ring is 1. The second kappa shape index (κ2) is 6.05. The van der Waals surface area contributed by atoms with Crippen LogP contribution in [-0.2, 0) is 0 Å². The third kappa shape index (κ3) is 3.00. The van der Waals surface area contributed by atoms with Crippen molar-refractivity contribution >= 4 is 39.7 Å². The molecular formula is C13H21N3OS2. The molecule has 0 atom stereocenters. The highest BCUT2D eigenvalue weighted by atomic mass is 32.2. The van der Waals surface area contributed by atoms with Gasteiger partial charge in [0.25, 0.3) is 5.91 Å². The van der Waals surface area contributed by atoms with Gasteiger partial charge < -0.3 is 16.4 Å². The zero-order valence-electron chi connectivity index (χ0n) is 11.4. The lowest BCUT2D eigenvalue weighted by Crippen LogP contribution is -2.23.